The molecule has 0 unspecified atom stereocenters. The highest BCUT2D eigenvalue weighted by atomic mass is 32.1. The first-order valence-corrected chi connectivity index (χ1v) is 4.87. The number of hydrogen-bond acceptors (Lipinski definition) is 1. The van der Waals surface area contributed by atoms with Crippen LogP contribution in [0.4, 0.5) is 13.2 Å². The lowest BCUT2D eigenvalue weighted by Gasteiger charge is -2.01. The molecule has 14 heavy (non-hydrogen) atoms. The summed E-state index contributed by atoms with van der Waals surface area (Å²) in [6.45, 7) is 1.87. The molecule has 0 atom stereocenters. The summed E-state index contributed by atoms with van der Waals surface area (Å²) in [7, 11) is 0. The Morgan fingerprint density at radius 2 is 1.93 bits per heavy atom. The van der Waals surface area contributed by atoms with Crippen LogP contribution in [0.3, 0.4) is 0 Å². The lowest BCUT2D eigenvalue weighted by atomic mass is 10.1. The monoisotopic (exact) mass is 216 g/mol. The lowest BCUT2D eigenvalue weighted by Crippen LogP contribution is -1.89. The van der Waals surface area contributed by atoms with Crippen LogP contribution in [0.5, 0.6) is 0 Å². The normalized spacial score (nSPS) is 11.5. The number of rotatable bonds is 1. The van der Waals surface area contributed by atoms with Gasteiger partial charge in [0.25, 0.3) is 6.43 Å². The van der Waals surface area contributed by atoms with Crippen molar-refractivity contribution in [2.24, 2.45) is 0 Å². The van der Waals surface area contributed by atoms with E-state index >= 15 is 0 Å². The van der Waals surface area contributed by atoms with Crippen LogP contribution >= 0.6 is 11.3 Å². The van der Waals surface area contributed by atoms with Crippen LogP contribution in [-0.2, 0) is 0 Å². The standard InChI is InChI=1S/C10H7F3S/c1-5-2-6-3-7(10(12)13)8(11)4-9(6)14-5/h2-4,10H,1H3. The van der Waals surface area contributed by atoms with Gasteiger partial charge in [0.15, 0.2) is 0 Å². The minimum atomic E-state index is -2.75. The van der Waals surface area contributed by atoms with Gasteiger partial charge in [0.05, 0.1) is 5.56 Å². The Morgan fingerprint density at radius 3 is 2.57 bits per heavy atom. The van der Waals surface area contributed by atoms with E-state index in [1.807, 2.05) is 6.92 Å². The molecule has 0 aliphatic rings. The molecule has 0 bridgehead atoms. The van der Waals surface area contributed by atoms with Crippen LogP contribution in [0.2, 0.25) is 0 Å². The maximum atomic E-state index is 13.1. The molecule has 0 radical (unpaired) electrons. The van der Waals surface area contributed by atoms with Crippen molar-refractivity contribution < 1.29 is 13.2 Å². The fourth-order valence-electron chi connectivity index (χ4n) is 1.38. The van der Waals surface area contributed by atoms with Crippen LogP contribution in [0.15, 0.2) is 18.2 Å². The summed E-state index contributed by atoms with van der Waals surface area (Å²) >= 11 is 1.40. The summed E-state index contributed by atoms with van der Waals surface area (Å²) < 4.78 is 38.5. The average molecular weight is 216 g/mol. The highest BCUT2D eigenvalue weighted by molar-refractivity contribution is 7.19. The van der Waals surface area contributed by atoms with E-state index < -0.39 is 17.8 Å². The van der Waals surface area contributed by atoms with Crippen molar-refractivity contribution in [2.75, 3.05) is 0 Å². The third-order valence-corrected chi connectivity index (χ3v) is 3.01. The minimum absolute atomic E-state index is 0.518. The molecule has 0 aliphatic carbocycles. The Balaban J connectivity index is 2.70. The molecule has 2 aromatic rings. The quantitative estimate of drug-likeness (QED) is 0.667. The SMILES string of the molecule is Cc1cc2cc(C(F)F)c(F)cc2s1. The first kappa shape index (κ1) is 9.52. The summed E-state index contributed by atoms with van der Waals surface area (Å²) in [4.78, 5) is 0.991. The van der Waals surface area contributed by atoms with E-state index in [9.17, 15) is 13.2 Å². The largest absolute Gasteiger partial charge is 0.266 e. The van der Waals surface area contributed by atoms with Crippen LogP contribution in [0.1, 0.15) is 16.9 Å². The van der Waals surface area contributed by atoms with Gasteiger partial charge < -0.3 is 0 Å². The number of thiophene rings is 1. The van der Waals surface area contributed by atoms with Crippen molar-refractivity contribution in [3.63, 3.8) is 0 Å². The van der Waals surface area contributed by atoms with Crippen LogP contribution in [0, 0.1) is 12.7 Å². The molecular weight excluding hydrogens is 209 g/mol. The van der Waals surface area contributed by atoms with E-state index in [-0.39, 0.29) is 0 Å². The highest BCUT2D eigenvalue weighted by Crippen LogP contribution is 2.31. The summed E-state index contributed by atoms with van der Waals surface area (Å²) in [5.41, 5.74) is -0.518. The highest BCUT2D eigenvalue weighted by Gasteiger charge is 2.14. The van der Waals surface area contributed by atoms with Crippen LogP contribution in [0.25, 0.3) is 10.1 Å². The maximum absolute atomic E-state index is 13.1. The molecule has 0 saturated heterocycles. The molecule has 2 rings (SSSR count). The molecular formula is C10H7F3S. The van der Waals surface area contributed by atoms with Gasteiger partial charge in [-0.3, -0.25) is 0 Å². The number of aryl methyl sites for hydroxylation is 1. The van der Waals surface area contributed by atoms with Crippen molar-refractivity contribution >= 4 is 21.4 Å². The van der Waals surface area contributed by atoms with Gasteiger partial charge in [0.2, 0.25) is 0 Å². The summed E-state index contributed by atoms with van der Waals surface area (Å²) in [5.74, 6) is -0.825. The van der Waals surface area contributed by atoms with Crippen molar-refractivity contribution in [3.05, 3.63) is 34.5 Å². The number of halogens is 3. The lowest BCUT2D eigenvalue weighted by molar-refractivity contribution is 0.146. The molecule has 1 aromatic carbocycles. The number of fused-ring (bicyclic) bond motifs is 1. The smallest absolute Gasteiger partial charge is 0.206 e. The zero-order valence-corrected chi connectivity index (χ0v) is 8.17. The van der Waals surface area contributed by atoms with Crippen molar-refractivity contribution in [1.29, 1.82) is 0 Å². The van der Waals surface area contributed by atoms with Gasteiger partial charge in [-0.1, -0.05) is 0 Å². The van der Waals surface area contributed by atoms with E-state index in [1.165, 1.54) is 23.5 Å². The van der Waals surface area contributed by atoms with E-state index in [4.69, 9.17) is 0 Å². The van der Waals surface area contributed by atoms with Crippen molar-refractivity contribution in [2.45, 2.75) is 13.3 Å². The van der Waals surface area contributed by atoms with Gasteiger partial charge in [-0.05, 0) is 30.5 Å². The molecule has 1 aromatic heterocycles. The Bertz CT molecular complexity index is 473. The number of hydrogen-bond donors (Lipinski definition) is 0. The van der Waals surface area contributed by atoms with Crippen LogP contribution < -0.4 is 0 Å². The average Bonchev–Trinajstić information content (AvgIpc) is 2.42. The zero-order valence-electron chi connectivity index (χ0n) is 7.35. The molecule has 4 heteroatoms. The predicted octanol–water partition coefficient (Wildman–Crippen LogP) is 4.29. The summed E-state index contributed by atoms with van der Waals surface area (Å²) in [6.07, 6.45) is -2.75. The first-order valence-electron chi connectivity index (χ1n) is 4.05. The maximum Gasteiger partial charge on any atom is 0.266 e. The summed E-state index contributed by atoms with van der Waals surface area (Å²) in [6, 6.07) is 4.18. The molecule has 1 heterocycles. The Morgan fingerprint density at radius 1 is 1.21 bits per heavy atom. The van der Waals surface area contributed by atoms with Gasteiger partial charge in [0.1, 0.15) is 5.82 Å². The fourth-order valence-corrected chi connectivity index (χ4v) is 2.31. The first-order chi connectivity index (χ1) is 6.58. The molecule has 0 aliphatic heterocycles. The Kier molecular flexibility index (Phi) is 2.23. The molecule has 74 valence electrons. The second-order valence-electron chi connectivity index (χ2n) is 3.07. The third-order valence-electron chi connectivity index (χ3n) is 1.99. The van der Waals surface area contributed by atoms with Crippen molar-refractivity contribution in [1.82, 2.24) is 0 Å². The molecule has 0 nitrogen and oxygen atoms in total. The Labute approximate surface area is 83.0 Å². The topological polar surface area (TPSA) is 0 Å². The zero-order chi connectivity index (χ0) is 10.3. The van der Waals surface area contributed by atoms with Gasteiger partial charge in [0, 0.05) is 9.58 Å². The molecule has 0 amide bonds. The summed E-state index contributed by atoms with van der Waals surface area (Å²) in [5, 5.41) is 0.684. The third kappa shape index (κ3) is 1.50. The van der Waals surface area contributed by atoms with E-state index in [1.54, 1.807) is 6.07 Å². The Hall–Kier alpha value is -1.03. The fraction of sp³-hybridized carbons (Fsp3) is 0.200. The van der Waals surface area contributed by atoms with E-state index in [2.05, 4.69) is 0 Å². The predicted molar refractivity (Wildman–Crippen MR) is 51.5 cm³/mol. The minimum Gasteiger partial charge on any atom is -0.206 e. The van der Waals surface area contributed by atoms with E-state index in [0.29, 0.717) is 10.1 Å². The molecule has 0 saturated carbocycles. The second kappa shape index (κ2) is 3.28. The molecule has 0 spiro atoms. The van der Waals surface area contributed by atoms with Gasteiger partial charge in [-0.25, -0.2) is 13.2 Å². The van der Waals surface area contributed by atoms with Gasteiger partial charge in [-0.2, -0.15) is 0 Å². The molecule has 0 N–H and O–H groups in total. The number of benzene rings is 1. The van der Waals surface area contributed by atoms with Gasteiger partial charge >= 0.3 is 0 Å². The van der Waals surface area contributed by atoms with Gasteiger partial charge in [-0.15, -0.1) is 11.3 Å². The van der Waals surface area contributed by atoms with Crippen LogP contribution in [-0.4, -0.2) is 0 Å². The second-order valence-corrected chi connectivity index (χ2v) is 4.36. The molecule has 0 fully saturated rings. The van der Waals surface area contributed by atoms with Crippen molar-refractivity contribution in [3.8, 4) is 0 Å². The van der Waals surface area contributed by atoms with E-state index in [0.717, 1.165) is 4.88 Å². The number of alkyl halides is 2.